The predicted octanol–water partition coefficient (Wildman–Crippen LogP) is 4.33. The van der Waals surface area contributed by atoms with Gasteiger partial charge in [0.05, 0.1) is 6.10 Å². The summed E-state index contributed by atoms with van der Waals surface area (Å²) in [6.07, 6.45) is 14.8. The number of rotatable bonds is 0. The Hall–Kier alpha value is -0.560. The molecule has 4 rings (SSSR count). The van der Waals surface area contributed by atoms with Crippen LogP contribution in [0.5, 0.6) is 0 Å². The summed E-state index contributed by atoms with van der Waals surface area (Å²) in [6, 6.07) is 0. The van der Waals surface area contributed by atoms with Gasteiger partial charge in [-0.15, -0.1) is 0 Å². The number of allylic oxidation sites excluding steroid dienone is 4. The molecule has 0 aliphatic heterocycles. The van der Waals surface area contributed by atoms with Gasteiger partial charge in [0.1, 0.15) is 0 Å². The van der Waals surface area contributed by atoms with E-state index >= 15 is 0 Å². The zero-order valence-corrected chi connectivity index (χ0v) is 12.9. The lowest BCUT2D eigenvalue weighted by Crippen LogP contribution is -2.48. The minimum atomic E-state index is -0.0442. The molecule has 0 aromatic heterocycles. The van der Waals surface area contributed by atoms with Crippen LogP contribution in [0, 0.1) is 35.0 Å². The van der Waals surface area contributed by atoms with Crippen molar-refractivity contribution in [3.63, 3.8) is 0 Å². The van der Waals surface area contributed by atoms with Crippen molar-refractivity contribution in [2.45, 2.75) is 58.5 Å². The van der Waals surface area contributed by atoms with E-state index in [2.05, 4.69) is 32.1 Å². The number of hydrogen-bond acceptors (Lipinski definition) is 1. The Labute approximate surface area is 123 Å². The van der Waals surface area contributed by atoms with Gasteiger partial charge in [-0.05, 0) is 79.1 Å². The summed E-state index contributed by atoms with van der Waals surface area (Å²) in [5.41, 5.74) is 1.85. The molecule has 0 unspecified atom stereocenters. The van der Waals surface area contributed by atoms with E-state index < -0.39 is 0 Å². The van der Waals surface area contributed by atoms with Crippen LogP contribution in [0.1, 0.15) is 52.4 Å². The Bertz CT molecular complexity index is 462. The largest absolute Gasteiger partial charge is 0.393 e. The van der Waals surface area contributed by atoms with Crippen LogP contribution in [-0.2, 0) is 0 Å². The summed E-state index contributed by atoms with van der Waals surface area (Å²) in [7, 11) is 0. The Balaban J connectivity index is 1.72. The maximum atomic E-state index is 10.5. The second-order valence-corrected chi connectivity index (χ2v) is 8.10. The van der Waals surface area contributed by atoms with Crippen LogP contribution in [0.15, 0.2) is 23.8 Å². The summed E-state index contributed by atoms with van der Waals surface area (Å²) in [4.78, 5) is 0. The fourth-order valence-electron chi connectivity index (χ4n) is 6.26. The molecule has 4 aliphatic rings. The zero-order chi connectivity index (χ0) is 13.9. The van der Waals surface area contributed by atoms with Crippen molar-refractivity contribution >= 4 is 0 Å². The molecule has 1 nitrogen and oxygen atoms in total. The molecular weight excluding hydrogens is 244 g/mol. The summed E-state index contributed by atoms with van der Waals surface area (Å²) in [5.74, 6) is 3.99. The minimum absolute atomic E-state index is 0.0442. The zero-order valence-electron chi connectivity index (χ0n) is 12.9. The standard InChI is InChI=1S/C19H28O/c1-12-11-13-5-3-4-6-14(13)15-9-10-19(2)16(18(12)15)7-8-17(19)20/h3,5,11-12,14-18,20H,4,6-10H2,1-2H3/t12-,14+,15-,16+,17+,18-,19+/m1/s1. The third-order valence-electron chi connectivity index (χ3n) is 7.30. The molecule has 2 saturated carbocycles. The third-order valence-corrected chi connectivity index (χ3v) is 7.30. The Morgan fingerprint density at radius 3 is 2.90 bits per heavy atom. The van der Waals surface area contributed by atoms with Crippen LogP contribution >= 0.6 is 0 Å². The average Bonchev–Trinajstić information content (AvgIpc) is 2.75. The molecule has 1 heteroatoms. The number of aliphatic hydroxyl groups is 1. The quantitative estimate of drug-likeness (QED) is 0.696. The first-order valence-electron chi connectivity index (χ1n) is 8.67. The van der Waals surface area contributed by atoms with Gasteiger partial charge in [0.2, 0.25) is 0 Å². The SMILES string of the molecule is C[C@@H]1C=C2C=CCC[C@@H]2[C@H]2CC[C@]3(C)[C@@H](O)CC[C@H]3[C@@H]21. The predicted molar refractivity (Wildman–Crippen MR) is 82.2 cm³/mol. The Morgan fingerprint density at radius 2 is 2.05 bits per heavy atom. The van der Waals surface area contributed by atoms with Gasteiger partial charge >= 0.3 is 0 Å². The van der Waals surface area contributed by atoms with E-state index in [1.165, 1.54) is 32.1 Å². The molecule has 7 atom stereocenters. The highest BCUT2D eigenvalue weighted by molar-refractivity contribution is 5.30. The lowest BCUT2D eigenvalue weighted by Gasteiger charge is -2.54. The van der Waals surface area contributed by atoms with Crippen molar-refractivity contribution in [2.24, 2.45) is 35.0 Å². The monoisotopic (exact) mass is 272 g/mol. The van der Waals surface area contributed by atoms with E-state index in [9.17, 15) is 5.11 Å². The molecule has 4 aliphatic carbocycles. The maximum Gasteiger partial charge on any atom is 0.0596 e. The van der Waals surface area contributed by atoms with Gasteiger partial charge in [-0.1, -0.05) is 32.1 Å². The van der Waals surface area contributed by atoms with Crippen molar-refractivity contribution in [1.82, 2.24) is 0 Å². The van der Waals surface area contributed by atoms with Crippen LogP contribution < -0.4 is 0 Å². The second kappa shape index (κ2) is 4.47. The number of aliphatic hydroxyl groups excluding tert-OH is 1. The molecule has 0 bridgehead atoms. The summed E-state index contributed by atoms with van der Waals surface area (Å²) in [5, 5.41) is 10.5. The molecular formula is C19H28O. The highest BCUT2D eigenvalue weighted by atomic mass is 16.3. The molecule has 110 valence electrons. The van der Waals surface area contributed by atoms with Gasteiger partial charge in [0.25, 0.3) is 0 Å². The second-order valence-electron chi connectivity index (χ2n) is 8.10. The normalized spacial score (nSPS) is 53.9. The van der Waals surface area contributed by atoms with Crippen LogP contribution in [0.4, 0.5) is 0 Å². The highest BCUT2D eigenvalue weighted by Crippen LogP contribution is 2.62. The molecule has 0 aromatic carbocycles. The molecule has 1 N–H and O–H groups in total. The van der Waals surface area contributed by atoms with Gasteiger partial charge in [-0.3, -0.25) is 0 Å². The van der Waals surface area contributed by atoms with Gasteiger partial charge in [-0.2, -0.15) is 0 Å². The Morgan fingerprint density at radius 1 is 1.20 bits per heavy atom. The van der Waals surface area contributed by atoms with E-state index in [4.69, 9.17) is 0 Å². The van der Waals surface area contributed by atoms with E-state index in [0.29, 0.717) is 5.92 Å². The Kier molecular flexibility index (Phi) is 2.93. The van der Waals surface area contributed by atoms with E-state index in [1.807, 2.05) is 0 Å². The van der Waals surface area contributed by atoms with E-state index in [-0.39, 0.29) is 11.5 Å². The smallest absolute Gasteiger partial charge is 0.0596 e. The van der Waals surface area contributed by atoms with Gasteiger partial charge in [0.15, 0.2) is 0 Å². The van der Waals surface area contributed by atoms with Crippen LogP contribution in [0.25, 0.3) is 0 Å². The van der Waals surface area contributed by atoms with E-state index in [0.717, 1.165) is 30.1 Å². The van der Waals surface area contributed by atoms with E-state index in [1.54, 1.807) is 5.57 Å². The summed E-state index contributed by atoms with van der Waals surface area (Å²) in [6.45, 7) is 4.80. The molecule has 20 heavy (non-hydrogen) atoms. The summed E-state index contributed by atoms with van der Waals surface area (Å²) >= 11 is 0. The lowest BCUT2D eigenvalue weighted by molar-refractivity contribution is -0.0579. The first-order chi connectivity index (χ1) is 9.61. The van der Waals surface area contributed by atoms with Gasteiger partial charge < -0.3 is 5.11 Å². The van der Waals surface area contributed by atoms with Crippen molar-refractivity contribution in [3.8, 4) is 0 Å². The van der Waals surface area contributed by atoms with Crippen LogP contribution in [0.2, 0.25) is 0 Å². The number of fused-ring (bicyclic) bond motifs is 5. The van der Waals surface area contributed by atoms with Gasteiger partial charge in [0, 0.05) is 0 Å². The molecule has 0 amide bonds. The van der Waals surface area contributed by atoms with Crippen molar-refractivity contribution in [1.29, 1.82) is 0 Å². The van der Waals surface area contributed by atoms with Gasteiger partial charge in [-0.25, -0.2) is 0 Å². The van der Waals surface area contributed by atoms with Crippen molar-refractivity contribution in [2.75, 3.05) is 0 Å². The summed E-state index contributed by atoms with van der Waals surface area (Å²) < 4.78 is 0. The molecule has 0 aromatic rings. The van der Waals surface area contributed by atoms with Crippen molar-refractivity contribution in [3.05, 3.63) is 23.8 Å². The first-order valence-corrected chi connectivity index (χ1v) is 8.67. The van der Waals surface area contributed by atoms with Crippen LogP contribution in [0.3, 0.4) is 0 Å². The third kappa shape index (κ3) is 1.65. The molecule has 0 heterocycles. The number of hydrogen-bond donors (Lipinski definition) is 1. The topological polar surface area (TPSA) is 20.2 Å². The first kappa shape index (κ1) is 13.1. The maximum absolute atomic E-state index is 10.5. The fraction of sp³-hybridized carbons (Fsp3) is 0.789. The highest BCUT2D eigenvalue weighted by Gasteiger charge is 2.56. The fourth-order valence-corrected chi connectivity index (χ4v) is 6.26. The minimum Gasteiger partial charge on any atom is -0.393 e. The molecule has 0 saturated heterocycles. The average molecular weight is 272 g/mol. The van der Waals surface area contributed by atoms with Crippen LogP contribution in [-0.4, -0.2) is 11.2 Å². The lowest BCUT2D eigenvalue weighted by atomic mass is 9.51. The van der Waals surface area contributed by atoms with Crippen molar-refractivity contribution < 1.29 is 5.11 Å². The molecule has 2 fully saturated rings. The molecule has 0 spiro atoms. The molecule has 0 radical (unpaired) electrons.